The van der Waals surface area contributed by atoms with Crippen molar-refractivity contribution in [2.45, 2.75) is 25.8 Å². The monoisotopic (exact) mass is 253 g/mol. The molecule has 1 fully saturated rings. The molecule has 2 N–H and O–H groups in total. The lowest BCUT2D eigenvalue weighted by Crippen LogP contribution is -2.35. The van der Waals surface area contributed by atoms with Crippen molar-refractivity contribution in [2.24, 2.45) is 5.92 Å². The van der Waals surface area contributed by atoms with E-state index in [2.05, 4.69) is 4.90 Å². The molecule has 1 saturated heterocycles. The summed E-state index contributed by atoms with van der Waals surface area (Å²) in [5.74, 6) is -0.456. The number of hydrogen-bond acceptors (Lipinski definition) is 4. The van der Waals surface area contributed by atoms with Crippen LogP contribution < -0.4 is 0 Å². The maximum absolute atomic E-state index is 10.9. The highest BCUT2D eigenvalue weighted by Gasteiger charge is 2.22. The van der Waals surface area contributed by atoms with E-state index in [1.54, 1.807) is 6.07 Å². The van der Waals surface area contributed by atoms with Gasteiger partial charge in [0, 0.05) is 25.3 Å². The normalized spacial score (nSPS) is 21.1. The molecule has 0 spiro atoms. The highest BCUT2D eigenvalue weighted by Crippen LogP contribution is 2.22. The SMILES string of the molecule is O=C(O)c1occc1CN1CCCC(CCO)C1. The lowest BCUT2D eigenvalue weighted by molar-refractivity contribution is 0.0657. The van der Waals surface area contributed by atoms with Gasteiger partial charge >= 0.3 is 5.97 Å². The van der Waals surface area contributed by atoms with Gasteiger partial charge in [0.1, 0.15) is 0 Å². The largest absolute Gasteiger partial charge is 0.475 e. The summed E-state index contributed by atoms with van der Waals surface area (Å²) >= 11 is 0. The Morgan fingerprint density at radius 1 is 1.56 bits per heavy atom. The second-order valence-corrected chi connectivity index (χ2v) is 4.84. The van der Waals surface area contributed by atoms with Crippen molar-refractivity contribution in [3.05, 3.63) is 23.7 Å². The highest BCUT2D eigenvalue weighted by atomic mass is 16.4. The van der Waals surface area contributed by atoms with Crippen molar-refractivity contribution >= 4 is 5.97 Å². The molecule has 0 amide bonds. The third kappa shape index (κ3) is 3.11. The maximum atomic E-state index is 10.9. The van der Waals surface area contributed by atoms with E-state index in [0.29, 0.717) is 12.5 Å². The fourth-order valence-electron chi connectivity index (χ4n) is 2.60. The van der Waals surface area contributed by atoms with Crippen LogP contribution >= 0.6 is 0 Å². The molecule has 0 aromatic carbocycles. The van der Waals surface area contributed by atoms with Crippen molar-refractivity contribution in [3.63, 3.8) is 0 Å². The zero-order valence-electron chi connectivity index (χ0n) is 10.3. The molecule has 1 aliphatic heterocycles. The standard InChI is InChI=1S/C13H19NO4/c15-6-3-10-2-1-5-14(8-10)9-11-4-7-18-12(11)13(16)17/h4,7,10,15H,1-3,5-6,8-9H2,(H,16,17). The van der Waals surface area contributed by atoms with Crippen molar-refractivity contribution in [2.75, 3.05) is 19.7 Å². The van der Waals surface area contributed by atoms with Crippen LogP contribution in [0.5, 0.6) is 0 Å². The Hall–Kier alpha value is -1.33. The number of furan rings is 1. The van der Waals surface area contributed by atoms with Crippen LogP contribution in [0.1, 0.15) is 35.4 Å². The molecule has 1 atom stereocenters. The Morgan fingerprint density at radius 2 is 2.39 bits per heavy atom. The summed E-state index contributed by atoms with van der Waals surface area (Å²) in [6.45, 7) is 2.74. The van der Waals surface area contributed by atoms with Gasteiger partial charge in [0.15, 0.2) is 0 Å². The quantitative estimate of drug-likeness (QED) is 0.833. The summed E-state index contributed by atoms with van der Waals surface area (Å²) in [4.78, 5) is 13.2. The molecule has 1 unspecified atom stereocenters. The van der Waals surface area contributed by atoms with E-state index in [0.717, 1.165) is 37.9 Å². The fourth-order valence-corrected chi connectivity index (χ4v) is 2.60. The Balaban J connectivity index is 1.96. The Kier molecular flexibility index (Phi) is 4.38. The van der Waals surface area contributed by atoms with Gasteiger partial charge in [-0.2, -0.15) is 0 Å². The molecule has 5 heteroatoms. The van der Waals surface area contributed by atoms with Gasteiger partial charge in [-0.15, -0.1) is 0 Å². The van der Waals surface area contributed by atoms with Crippen LogP contribution in [0.15, 0.2) is 16.7 Å². The molecular formula is C13H19NO4. The van der Waals surface area contributed by atoms with Gasteiger partial charge < -0.3 is 14.6 Å². The van der Waals surface area contributed by atoms with Crippen molar-refractivity contribution in [1.82, 2.24) is 4.90 Å². The molecule has 5 nitrogen and oxygen atoms in total. The molecule has 100 valence electrons. The minimum absolute atomic E-state index is 0.0410. The van der Waals surface area contributed by atoms with Crippen molar-refractivity contribution in [1.29, 1.82) is 0 Å². The third-order valence-corrected chi connectivity index (χ3v) is 3.48. The molecule has 1 aromatic rings. The lowest BCUT2D eigenvalue weighted by Gasteiger charge is -2.32. The summed E-state index contributed by atoms with van der Waals surface area (Å²) < 4.78 is 4.98. The van der Waals surface area contributed by atoms with Gasteiger partial charge in [0.2, 0.25) is 5.76 Å². The summed E-state index contributed by atoms with van der Waals surface area (Å²) in [6, 6.07) is 1.72. The smallest absolute Gasteiger partial charge is 0.372 e. The second-order valence-electron chi connectivity index (χ2n) is 4.84. The number of aromatic carboxylic acids is 1. The van der Waals surface area contributed by atoms with Crippen molar-refractivity contribution < 1.29 is 19.4 Å². The molecule has 0 bridgehead atoms. The molecule has 18 heavy (non-hydrogen) atoms. The zero-order valence-corrected chi connectivity index (χ0v) is 10.3. The van der Waals surface area contributed by atoms with Crippen LogP contribution in [0.3, 0.4) is 0 Å². The molecule has 0 aliphatic carbocycles. The molecule has 0 radical (unpaired) electrons. The molecule has 1 aliphatic rings. The Morgan fingerprint density at radius 3 is 3.11 bits per heavy atom. The van der Waals surface area contributed by atoms with Crippen LogP contribution in [0.25, 0.3) is 0 Å². The van der Waals surface area contributed by atoms with E-state index in [9.17, 15) is 4.79 Å². The predicted octanol–water partition coefficient (Wildman–Crippen LogP) is 1.57. The minimum Gasteiger partial charge on any atom is -0.475 e. The van der Waals surface area contributed by atoms with Crippen LogP contribution in [-0.2, 0) is 6.54 Å². The Bertz CT molecular complexity index is 399. The van der Waals surface area contributed by atoms with E-state index in [4.69, 9.17) is 14.6 Å². The molecule has 2 rings (SSSR count). The summed E-state index contributed by atoms with van der Waals surface area (Å²) in [7, 11) is 0. The molecule has 1 aromatic heterocycles. The number of hydrogen-bond donors (Lipinski definition) is 2. The second kappa shape index (κ2) is 6.02. The summed E-state index contributed by atoms with van der Waals surface area (Å²) in [5, 5.41) is 17.9. The highest BCUT2D eigenvalue weighted by molar-refractivity contribution is 5.86. The van der Waals surface area contributed by atoms with Crippen LogP contribution in [0.4, 0.5) is 0 Å². The van der Waals surface area contributed by atoms with Gasteiger partial charge in [-0.1, -0.05) is 0 Å². The van der Waals surface area contributed by atoms with Gasteiger partial charge in [0.05, 0.1) is 6.26 Å². The van der Waals surface area contributed by atoms with E-state index in [1.165, 1.54) is 6.26 Å². The first kappa shape index (κ1) is 13.1. The molecule has 2 heterocycles. The number of aliphatic hydroxyl groups is 1. The average molecular weight is 253 g/mol. The van der Waals surface area contributed by atoms with Crippen LogP contribution in [-0.4, -0.2) is 40.8 Å². The maximum Gasteiger partial charge on any atom is 0.372 e. The number of nitrogens with zero attached hydrogens (tertiary/aromatic N) is 1. The number of carbonyl (C=O) groups is 1. The number of carboxylic acid groups (broad SMARTS) is 1. The van der Waals surface area contributed by atoms with Crippen LogP contribution in [0, 0.1) is 5.92 Å². The third-order valence-electron chi connectivity index (χ3n) is 3.48. The van der Waals surface area contributed by atoms with Crippen molar-refractivity contribution in [3.8, 4) is 0 Å². The first-order chi connectivity index (χ1) is 8.70. The number of likely N-dealkylation sites (tertiary alicyclic amines) is 1. The first-order valence-electron chi connectivity index (χ1n) is 6.33. The average Bonchev–Trinajstić information content (AvgIpc) is 2.78. The van der Waals surface area contributed by atoms with E-state index in [1.807, 2.05) is 0 Å². The van der Waals surface area contributed by atoms with Gasteiger partial charge in [0.25, 0.3) is 0 Å². The number of piperidine rings is 1. The fraction of sp³-hybridized carbons (Fsp3) is 0.615. The topological polar surface area (TPSA) is 73.9 Å². The van der Waals surface area contributed by atoms with E-state index in [-0.39, 0.29) is 12.4 Å². The van der Waals surface area contributed by atoms with Gasteiger partial charge in [-0.25, -0.2) is 4.79 Å². The van der Waals surface area contributed by atoms with Gasteiger partial charge in [-0.05, 0) is 37.8 Å². The minimum atomic E-state index is -1.01. The predicted molar refractivity (Wildman–Crippen MR) is 65.4 cm³/mol. The number of carboxylic acids is 1. The van der Waals surface area contributed by atoms with E-state index < -0.39 is 5.97 Å². The van der Waals surface area contributed by atoms with Gasteiger partial charge in [-0.3, -0.25) is 4.90 Å². The molecule has 0 saturated carbocycles. The zero-order chi connectivity index (χ0) is 13.0. The number of rotatable bonds is 5. The number of aliphatic hydroxyl groups excluding tert-OH is 1. The van der Waals surface area contributed by atoms with Crippen LogP contribution in [0.2, 0.25) is 0 Å². The van der Waals surface area contributed by atoms with E-state index >= 15 is 0 Å². The Labute approximate surface area is 106 Å². The summed E-state index contributed by atoms with van der Waals surface area (Å²) in [5.41, 5.74) is 0.729. The first-order valence-corrected chi connectivity index (χ1v) is 6.33. The lowest BCUT2D eigenvalue weighted by atomic mass is 9.95. The summed E-state index contributed by atoms with van der Waals surface area (Å²) in [6.07, 6.45) is 4.50. The molecular weight excluding hydrogens is 234 g/mol.